The minimum atomic E-state index is 1.18. The van der Waals surface area contributed by atoms with Crippen molar-refractivity contribution < 1.29 is 0 Å². The highest BCUT2D eigenvalue weighted by atomic mass is 32.1. The van der Waals surface area contributed by atoms with Crippen LogP contribution in [0.25, 0.3) is 64.3 Å². The Hall–Kier alpha value is -5.18. The lowest BCUT2D eigenvalue weighted by atomic mass is 9.86. The summed E-state index contributed by atoms with van der Waals surface area (Å²) in [5, 5.41) is 5.23. The van der Waals surface area contributed by atoms with E-state index in [1.54, 1.807) is 0 Å². The minimum absolute atomic E-state index is 1.18. The second-order valence-electron chi connectivity index (χ2n) is 10.9. The molecule has 0 saturated carbocycles. The molecular weight excluding hydrogens is 527 g/mol. The van der Waals surface area contributed by atoms with Crippen LogP contribution in [0.4, 0.5) is 17.1 Å². The number of fused-ring (bicyclic) bond motifs is 6. The van der Waals surface area contributed by atoms with Crippen LogP contribution in [0.2, 0.25) is 0 Å². The molecule has 1 aromatic heterocycles. The van der Waals surface area contributed by atoms with Crippen molar-refractivity contribution in [3.8, 4) is 33.4 Å². The maximum atomic E-state index is 2.50. The summed E-state index contributed by atoms with van der Waals surface area (Å²) in [4.78, 5) is 2.50. The molecule has 0 N–H and O–H groups in total. The third kappa shape index (κ3) is 3.43. The van der Waals surface area contributed by atoms with Gasteiger partial charge in [-0.3, -0.25) is 0 Å². The summed E-state index contributed by atoms with van der Waals surface area (Å²) in [5.74, 6) is 0. The fourth-order valence-corrected chi connectivity index (χ4v) is 7.87. The summed E-state index contributed by atoms with van der Waals surface area (Å²) >= 11 is 1.88. The van der Waals surface area contributed by atoms with Crippen molar-refractivity contribution in [2.24, 2.45) is 0 Å². The summed E-state index contributed by atoms with van der Waals surface area (Å²) in [5.41, 5.74) is 11.2. The van der Waals surface area contributed by atoms with Gasteiger partial charge < -0.3 is 4.90 Å². The molecule has 0 saturated heterocycles. The van der Waals surface area contributed by atoms with E-state index >= 15 is 0 Å². The number of anilines is 3. The van der Waals surface area contributed by atoms with Gasteiger partial charge in [-0.2, -0.15) is 0 Å². The van der Waals surface area contributed by atoms with E-state index in [0.29, 0.717) is 0 Å². The lowest BCUT2D eigenvalue weighted by molar-refractivity contribution is 1.30. The topological polar surface area (TPSA) is 3.24 Å². The first kappa shape index (κ1) is 23.5. The first-order valence-electron chi connectivity index (χ1n) is 14.4. The van der Waals surface area contributed by atoms with Gasteiger partial charge in [0.1, 0.15) is 0 Å². The van der Waals surface area contributed by atoms with E-state index in [0.717, 1.165) is 0 Å². The zero-order valence-electron chi connectivity index (χ0n) is 22.8. The maximum Gasteiger partial charge on any atom is 0.0633 e. The highest BCUT2D eigenvalue weighted by molar-refractivity contribution is 7.26. The smallest absolute Gasteiger partial charge is 0.0633 e. The summed E-state index contributed by atoms with van der Waals surface area (Å²) < 4.78 is 2.65. The highest BCUT2D eigenvalue weighted by Gasteiger charge is 2.29. The fraction of sp³-hybridized carbons (Fsp3) is 0. The maximum absolute atomic E-state index is 2.50. The van der Waals surface area contributed by atoms with Gasteiger partial charge in [0.05, 0.1) is 11.4 Å². The number of hydrogen-bond acceptors (Lipinski definition) is 2. The minimum Gasteiger partial charge on any atom is -0.309 e. The molecule has 196 valence electrons. The second kappa shape index (κ2) is 9.17. The van der Waals surface area contributed by atoms with Crippen LogP contribution in [-0.4, -0.2) is 0 Å². The molecule has 1 nitrogen and oxygen atoms in total. The summed E-state index contributed by atoms with van der Waals surface area (Å²) in [6.45, 7) is 0. The van der Waals surface area contributed by atoms with Crippen molar-refractivity contribution in [1.29, 1.82) is 0 Å². The Bertz CT molecular complexity index is 2300. The Labute approximate surface area is 248 Å². The number of para-hydroxylation sites is 1. The lowest BCUT2D eigenvalue weighted by Crippen LogP contribution is -2.15. The van der Waals surface area contributed by atoms with Crippen molar-refractivity contribution in [3.63, 3.8) is 0 Å². The van der Waals surface area contributed by atoms with Crippen LogP contribution in [0.5, 0.6) is 0 Å². The Morgan fingerprint density at radius 2 is 1.07 bits per heavy atom. The van der Waals surface area contributed by atoms with Crippen molar-refractivity contribution in [3.05, 3.63) is 152 Å². The summed E-state index contributed by atoms with van der Waals surface area (Å²) in [7, 11) is 0. The molecule has 9 rings (SSSR count). The number of hydrogen-bond donors (Lipinski definition) is 0. The normalized spacial score (nSPS) is 12.2. The van der Waals surface area contributed by atoms with E-state index in [4.69, 9.17) is 0 Å². The average Bonchev–Trinajstić information content (AvgIpc) is 3.45. The predicted molar refractivity (Wildman–Crippen MR) is 181 cm³/mol. The van der Waals surface area contributed by atoms with Gasteiger partial charge in [0, 0.05) is 36.8 Å². The molecule has 0 bridgehead atoms. The quantitative estimate of drug-likeness (QED) is 0.211. The highest BCUT2D eigenvalue weighted by Crippen LogP contribution is 2.56. The van der Waals surface area contributed by atoms with Crippen LogP contribution < -0.4 is 4.90 Å². The molecule has 8 aromatic rings. The average molecular weight is 552 g/mol. The first-order chi connectivity index (χ1) is 20.8. The van der Waals surface area contributed by atoms with Crippen molar-refractivity contribution >= 4 is 59.3 Å². The van der Waals surface area contributed by atoms with Gasteiger partial charge in [0.2, 0.25) is 0 Å². The molecule has 0 radical (unpaired) electrons. The molecular formula is C40H25NS. The zero-order valence-corrected chi connectivity index (χ0v) is 23.6. The molecule has 2 heteroatoms. The van der Waals surface area contributed by atoms with Crippen LogP contribution >= 0.6 is 11.3 Å². The number of thiophene rings is 1. The fourth-order valence-electron chi connectivity index (χ4n) is 6.76. The molecule has 7 aromatic carbocycles. The Morgan fingerprint density at radius 1 is 0.405 bits per heavy atom. The molecule has 2 heterocycles. The number of benzene rings is 7. The van der Waals surface area contributed by atoms with Gasteiger partial charge in [0.15, 0.2) is 0 Å². The van der Waals surface area contributed by atoms with E-state index in [1.807, 2.05) is 11.3 Å². The lowest BCUT2D eigenvalue weighted by Gasteiger charge is -2.34. The van der Waals surface area contributed by atoms with Crippen LogP contribution in [-0.2, 0) is 0 Å². The predicted octanol–water partition coefficient (Wildman–Crippen LogP) is 12.0. The number of rotatable bonds is 3. The van der Waals surface area contributed by atoms with Crippen molar-refractivity contribution in [1.82, 2.24) is 0 Å². The Morgan fingerprint density at radius 3 is 1.95 bits per heavy atom. The van der Waals surface area contributed by atoms with Gasteiger partial charge in [-0.25, -0.2) is 0 Å². The van der Waals surface area contributed by atoms with Gasteiger partial charge in [-0.1, -0.05) is 115 Å². The van der Waals surface area contributed by atoms with Gasteiger partial charge in [-0.05, 0) is 69.6 Å². The summed E-state index contributed by atoms with van der Waals surface area (Å²) in [6, 6.07) is 55.4. The Kier molecular flexibility index (Phi) is 5.13. The monoisotopic (exact) mass is 551 g/mol. The van der Waals surface area contributed by atoms with E-state index in [2.05, 4.69) is 157 Å². The molecule has 42 heavy (non-hydrogen) atoms. The molecule has 1 aliphatic rings. The van der Waals surface area contributed by atoms with E-state index < -0.39 is 0 Å². The van der Waals surface area contributed by atoms with E-state index in [-0.39, 0.29) is 0 Å². The molecule has 0 amide bonds. The molecule has 0 spiro atoms. The van der Waals surface area contributed by atoms with Gasteiger partial charge >= 0.3 is 0 Å². The third-order valence-electron chi connectivity index (χ3n) is 8.58. The van der Waals surface area contributed by atoms with Gasteiger partial charge in [-0.15, -0.1) is 11.3 Å². The second-order valence-corrected chi connectivity index (χ2v) is 12.0. The van der Waals surface area contributed by atoms with Crippen molar-refractivity contribution in [2.75, 3.05) is 4.90 Å². The largest absolute Gasteiger partial charge is 0.309 e. The zero-order chi connectivity index (χ0) is 27.6. The van der Waals surface area contributed by atoms with Crippen LogP contribution in [0.15, 0.2) is 152 Å². The standard InChI is InChI=1S/C40H25NS/c1-3-11-26(12-4-1)27-13-9-14-28(25-27)30-21-22-32-33-23-24-37-39(34-17-7-8-20-36(34)42-37)40(33)41(29-15-5-2-6-16-29)35-19-10-18-31(30)38(32)35/h1-25H. The summed E-state index contributed by atoms with van der Waals surface area (Å²) in [6.07, 6.45) is 0. The van der Waals surface area contributed by atoms with Crippen LogP contribution in [0.3, 0.4) is 0 Å². The SMILES string of the molecule is c1ccc(-c2cccc(-c3ccc4c5c(cccc35)N(c3ccccc3)c3c-4ccc4sc5ccccc5c34)c2)cc1. The molecule has 1 aliphatic heterocycles. The van der Waals surface area contributed by atoms with Crippen LogP contribution in [0, 0.1) is 0 Å². The Balaban J connectivity index is 1.36. The third-order valence-corrected chi connectivity index (χ3v) is 9.72. The van der Waals surface area contributed by atoms with E-state index in [1.165, 1.54) is 81.4 Å². The number of nitrogens with zero attached hydrogens (tertiary/aromatic N) is 1. The van der Waals surface area contributed by atoms with Crippen LogP contribution in [0.1, 0.15) is 0 Å². The van der Waals surface area contributed by atoms with Crippen molar-refractivity contribution in [2.45, 2.75) is 0 Å². The van der Waals surface area contributed by atoms with Gasteiger partial charge in [0.25, 0.3) is 0 Å². The van der Waals surface area contributed by atoms with E-state index in [9.17, 15) is 0 Å². The molecule has 0 atom stereocenters. The molecule has 0 aliphatic carbocycles. The molecule has 0 unspecified atom stereocenters. The first-order valence-corrected chi connectivity index (χ1v) is 15.2. The molecule has 0 fully saturated rings.